The minimum absolute atomic E-state index is 0.0316. The lowest BCUT2D eigenvalue weighted by molar-refractivity contribution is -0.0258. The molecule has 1 atom stereocenters. The molecule has 2 aromatic carbocycles. The lowest BCUT2D eigenvalue weighted by Gasteiger charge is -2.15. The number of ketones is 1. The number of rotatable bonds is 7. The summed E-state index contributed by atoms with van der Waals surface area (Å²) in [6.45, 7) is 1.51. The van der Waals surface area contributed by atoms with E-state index in [1.54, 1.807) is 6.07 Å². The highest BCUT2D eigenvalue weighted by atomic mass is 32.2. The molecule has 0 heterocycles. The summed E-state index contributed by atoms with van der Waals surface area (Å²) in [6.07, 6.45) is 2.05. The van der Waals surface area contributed by atoms with Crippen LogP contribution in [-0.4, -0.2) is 44.9 Å². The van der Waals surface area contributed by atoms with Gasteiger partial charge in [0.2, 0.25) is 5.78 Å². The number of hydroxylamine groups is 1. The summed E-state index contributed by atoms with van der Waals surface area (Å²) in [7, 11) is -1.43. The first-order valence-corrected chi connectivity index (χ1v) is 10.7. The van der Waals surface area contributed by atoms with E-state index in [1.165, 1.54) is 50.9 Å². The molecule has 0 radical (unpaired) electrons. The van der Waals surface area contributed by atoms with Crippen molar-refractivity contribution in [2.75, 3.05) is 14.2 Å². The van der Waals surface area contributed by atoms with Crippen LogP contribution in [0, 0.1) is 0 Å². The van der Waals surface area contributed by atoms with E-state index in [-0.39, 0.29) is 16.2 Å². The van der Waals surface area contributed by atoms with Gasteiger partial charge in [0.25, 0.3) is 10.0 Å². The highest BCUT2D eigenvalue weighted by Gasteiger charge is 2.25. The minimum atomic E-state index is -3.90. The standard InChI is InChI=1S/C21H23NO6S/c1-14(20(23)17-11-10-15-6-4-7-16(15)12-17)28-21(24)18-8-5-9-19(13-18)29(25,26)22(2)27-3/h5,8-14H,4,6-7H2,1-3H3. The van der Waals surface area contributed by atoms with Crippen molar-refractivity contribution in [3.63, 3.8) is 0 Å². The Hall–Kier alpha value is -2.55. The van der Waals surface area contributed by atoms with Crippen molar-refractivity contribution in [2.24, 2.45) is 0 Å². The van der Waals surface area contributed by atoms with Crippen LogP contribution in [0.5, 0.6) is 0 Å². The van der Waals surface area contributed by atoms with Crippen molar-refractivity contribution in [1.82, 2.24) is 4.47 Å². The lowest BCUT2D eigenvalue weighted by atomic mass is 10.0. The van der Waals surface area contributed by atoms with E-state index in [4.69, 9.17) is 9.57 Å². The molecule has 0 bridgehead atoms. The van der Waals surface area contributed by atoms with Crippen LogP contribution in [0.15, 0.2) is 47.4 Å². The number of carbonyl (C=O) groups is 2. The number of hydrogen-bond acceptors (Lipinski definition) is 6. The van der Waals surface area contributed by atoms with Gasteiger partial charge in [0.15, 0.2) is 6.10 Å². The molecule has 29 heavy (non-hydrogen) atoms. The van der Waals surface area contributed by atoms with Crippen molar-refractivity contribution in [3.8, 4) is 0 Å². The molecule has 0 amide bonds. The molecule has 8 heteroatoms. The van der Waals surface area contributed by atoms with Gasteiger partial charge in [-0.1, -0.05) is 22.7 Å². The summed E-state index contributed by atoms with van der Waals surface area (Å²) in [6, 6.07) is 11.0. The number of carbonyl (C=O) groups excluding carboxylic acids is 2. The summed E-state index contributed by atoms with van der Waals surface area (Å²) in [5, 5.41) is 0. The summed E-state index contributed by atoms with van der Waals surface area (Å²) < 4.78 is 30.7. The van der Waals surface area contributed by atoms with Crippen LogP contribution in [0.1, 0.15) is 45.2 Å². The zero-order valence-electron chi connectivity index (χ0n) is 16.5. The number of Topliss-reactive ketones (excluding diaryl/α,β-unsaturated/α-hetero) is 1. The molecule has 7 nitrogen and oxygen atoms in total. The van der Waals surface area contributed by atoms with E-state index in [1.807, 2.05) is 12.1 Å². The molecule has 1 aliphatic rings. The molecule has 1 aliphatic carbocycles. The predicted molar refractivity (Wildman–Crippen MR) is 106 cm³/mol. The zero-order chi connectivity index (χ0) is 21.2. The maximum atomic E-state index is 12.7. The van der Waals surface area contributed by atoms with Gasteiger partial charge in [0, 0.05) is 12.6 Å². The van der Waals surface area contributed by atoms with Crippen LogP contribution in [0.2, 0.25) is 0 Å². The Morgan fingerprint density at radius 2 is 1.76 bits per heavy atom. The number of benzene rings is 2. The highest BCUT2D eigenvalue weighted by molar-refractivity contribution is 7.89. The van der Waals surface area contributed by atoms with E-state index < -0.39 is 22.1 Å². The molecule has 0 spiro atoms. The first-order valence-electron chi connectivity index (χ1n) is 9.24. The largest absolute Gasteiger partial charge is 0.451 e. The Morgan fingerprint density at radius 3 is 2.48 bits per heavy atom. The fourth-order valence-corrected chi connectivity index (χ4v) is 4.29. The quantitative estimate of drug-likeness (QED) is 0.391. The van der Waals surface area contributed by atoms with Crippen molar-refractivity contribution in [1.29, 1.82) is 0 Å². The molecule has 1 unspecified atom stereocenters. The molecule has 0 saturated carbocycles. The van der Waals surface area contributed by atoms with Crippen LogP contribution in [0.25, 0.3) is 0 Å². The number of sulfonamides is 1. The number of fused-ring (bicyclic) bond motifs is 1. The smallest absolute Gasteiger partial charge is 0.338 e. The third kappa shape index (κ3) is 4.39. The SMILES string of the molecule is CON(C)S(=O)(=O)c1cccc(C(=O)OC(C)C(=O)c2ccc3c(c2)CCC3)c1. The maximum Gasteiger partial charge on any atom is 0.338 e. The Balaban J connectivity index is 1.74. The van der Waals surface area contributed by atoms with E-state index in [9.17, 15) is 18.0 Å². The third-order valence-corrected chi connectivity index (χ3v) is 6.67. The highest BCUT2D eigenvalue weighted by Crippen LogP contribution is 2.24. The Bertz CT molecular complexity index is 1050. The molecular weight excluding hydrogens is 394 g/mol. The fourth-order valence-electron chi connectivity index (χ4n) is 3.27. The van der Waals surface area contributed by atoms with Gasteiger partial charge < -0.3 is 4.74 Å². The van der Waals surface area contributed by atoms with Crippen molar-refractivity contribution in [3.05, 3.63) is 64.7 Å². The molecule has 0 saturated heterocycles. The Labute approximate surface area is 170 Å². The Kier molecular flexibility index (Phi) is 6.16. The van der Waals surface area contributed by atoms with Crippen molar-refractivity contribution in [2.45, 2.75) is 37.2 Å². The average Bonchev–Trinajstić information content (AvgIpc) is 3.20. The van der Waals surface area contributed by atoms with Gasteiger partial charge in [-0.05, 0) is 61.6 Å². The number of aryl methyl sites for hydroxylation is 2. The van der Waals surface area contributed by atoms with Crippen LogP contribution in [0.4, 0.5) is 0 Å². The zero-order valence-corrected chi connectivity index (χ0v) is 17.4. The second kappa shape index (κ2) is 8.44. The average molecular weight is 417 g/mol. The van der Waals surface area contributed by atoms with Gasteiger partial charge in [0.1, 0.15) is 0 Å². The molecule has 0 aliphatic heterocycles. The second-order valence-corrected chi connectivity index (χ2v) is 8.81. The lowest BCUT2D eigenvalue weighted by Crippen LogP contribution is -2.26. The van der Waals surface area contributed by atoms with Gasteiger partial charge in [-0.3, -0.25) is 9.63 Å². The van der Waals surface area contributed by atoms with E-state index in [2.05, 4.69) is 0 Å². The van der Waals surface area contributed by atoms with Gasteiger partial charge in [0.05, 0.1) is 17.6 Å². The molecule has 3 rings (SSSR count). The van der Waals surface area contributed by atoms with Gasteiger partial charge in [-0.15, -0.1) is 0 Å². The molecule has 0 aromatic heterocycles. The van der Waals surface area contributed by atoms with Crippen LogP contribution < -0.4 is 0 Å². The molecular formula is C21H23NO6S. The summed E-state index contributed by atoms with van der Waals surface area (Å²) in [5.74, 6) is -1.07. The van der Waals surface area contributed by atoms with Gasteiger partial charge in [-0.2, -0.15) is 0 Å². The van der Waals surface area contributed by atoms with E-state index >= 15 is 0 Å². The molecule has 0 fully saturated rings. The van der Waals surface area contributed by atoms with Crippen LogP contribution >= 0.6 is 0 Å². The van der Waals surface area contributed by atoms with Crippen molar-refractivity contribution >= 4 is 21.8 Å². The van der Waals surface area contributed by atoms with Crippen LogP contribution in [0.3, 0.4) is 0 Å². The number of ether oxygens (including phenoxy) is 1. The summed E-state index contributed by atoms with van der Waals surface area (Å²) >= 11 is 0. The predicted octanol–water partition coefficient (Wildman–Crippen LogP) is 2.79. The number of nitrogens with zero attached hydrogens (tertiary/aromatic N) is 1. The molecule has 0 N–H and O–H groups in total. The normalized spacial score (nSPS) is 14.5. The second-order valence-electron chi connectivity index (χ2n) is 6.87. The third-order valence-electron chi connectivity index (χ3n) is 5.00. The first kappa shape index (κ1) is 21.2. The van der Waals surface area contributed by atoms with Crippen LogP contribution in [-0.2, 0) is 32.4 Å². The number of esters is 1. The first-order chi connectivity index (χ1) is 13.7. The Morgan fingerprint density at radius 1 is 1.03 bits per heavy atom. The van der Waals surface area contributed by atoms with E-state index in [0.717, 1.165) is 24.8 Å². The monoisotopic (exact) mass is 417 g/mol. The molecule has 2 aromatic rings. The van der Waals surface area contributed by atoms with Gasteiger partial charge in [-0.25, -0.2) is 13.2 Å². The van der Waals surface area contributed by atoms with E-state index in [0.29, 0.717) is 10.0 Å². The minimum Gasteiger partial charge on any atom is -0.451 e. The summed E-state index contributed by atoms with van der Waals surface area (Å²) in [5.41, 5.74) is 2.95. The topological polar surface area (TPSA) is 90.0 Å². The van der Waals surface area contributed by atoms with Crippen molar-refractivity contribution < 1.29 is 27.6 Å². The summed E-state index contributed by atoms with van der Waals surface area (Å²) in [4.78, 5) is 29.8. The van der Waals surface area contributed by atoms with Gasteiger partial charge >= 0.3 is 5.97 Å². The fraction of sp³-hybridized carbons (Fsp3) is 0.333. The number of hydrogen-bond donors (Lipinski definition) is 0. The maximum absolute atomic E-state index is 12.7. The molecule has 154 valence electrons.